The zero-order valence-corrected chi connectivity index (χ0v) is 15.5. The molecule has 1 aliphatic heterocycles. The largest absolute Gasteiger partial charge is 0.378 e. The summed E-state index contributed by atoms with van der Waals surface area (Å²) in [6, 6.07) is 18.7. The summed E-state index contributed by atoms with van der Waals surface area (Å²) in [5, 5.41) is 3.06. The molecule has 1 N–H and O–H groups in total. The van der Waals surface area contributed by atoms with E-state index in [1.165, 1.54) is 11.3 Å². The Kier molecular flexibility index (Phi) is 6.67. The van der Waals surface area contributed by atoms with Crippen molar-refractivity contribution in [1.82, 2.24) is 5.32 Å². The van der Waals surface area contributed by atoms with Gasteiger partial charge in [0.25, 0.3) is 0 Å². The van der Waals surface area contributed by atoms with Gasteiger partial charge >= 0.3 is 0 Å². The molecule has 1 amide bonds. The number of ether oxygens (including phenoxy) is 1. The number of carbonyl (C=O) groups is 1. The molecule has 0 saturated carbocycles. The van der Waals surface area contributed by atoms with Crippen LogP contribution in [0.4, 0.5) is 5.69 Å². The molecule has 1 fully saturated rings. The number of nitrogens with zero attached hydrogens (tertiary/aromatic N) is 1. The van der Waals surface area contributed by atoms with Gasteiger partial charge in [0.15, 0.2) is 0 Å². The summed E-state index contributed by atoms with van der Waals surface area (Å²) in [4.78, 5) is 14.5. The minimum atomic E-state index is 0.0871. The van der Waals surface area contributed by atoms with Crippen LogP contribution in [0.25, 0.3) is 0 Å². The Hall–Kier alpha value is -2.33. The molecule has 2 aromatic carbocycles. The van der Waals surface area contributed by atoms with E-state index in [9.17, 15) is 4.79 Å². The average Bonchev–Trinajstić information content (AvgIpc) is 2.68. The fraction of sp³-hybridized carbons (Fsp3) is 0.409. The van der Waals surface area contributed by atoms with E-state index in [4.69, 9.17) is 4.74 Å². The van der Waals surface area contributed by atoms with Crippen molar-refractivity contribution in [3.05, 3.63) is 65.7 Å². The molecule has 0 bridgehead atoms. The molecule has 1 aliphatic rings. The molecule has 26 heavy (non-hydrogen) atoms. The van der Waals surface area contributed by atoms with E-state index in [0.717, 1.165) is 38.3 Å². The number of carbonyl (C=O) groups excluding carboxylic acids is 1. The maximum absolute atomic E-state index is 12.2. The van der Waals surface area contributed by atoms with Crippen molar-refractivity contribution in [1.29, 1.82) is 0 Å². The van der Waals surface area contributed by atoms with Crippen LogP contribution in [0.3, 0.4) is 0 Å². The number of hydrogen-bond acceptors (Lipinski definition) is 3. The third-order valence-corrected chi connectivity index (χ3v) is 4.75. The van der Waals surface area contributed by atoms with Crippen LogP contribution < -0.4 is 10.2 Å². The van der Waals surface area contributed by atoms with Gasteiger partial charge in [0, 0.05) is 25.3 Å². The zero-order chi connectivity index (χ0) is 18.2. The van der Waals surface area contributed by atoms with Crippen LogP contribution in [-0.2, 0) is 22.4 Å². The van der Waals surface area contributed by atoms with Crippen molar-refractivity contribution in [3.63, 3.8) is 0 Å². The Morgan fingerprint density at radius 2 is 1.73 bits per heavy atom. The van der Waals surface area contributed by atoms with E-state index in [1.54, 1.807) is 0 Å². The molecule has 1 heterocycles. The first-order valence-electron chi connectivity index (χ1n) is 9.43. The van der Waals surface area contributed by atoms with Crippen molar-refractivity contribution in [2.45, 2.75) is 19.8 Å². The van der Waals surface area contributed by atoms with Gasteiger partial charge in [-0.05, 0) is 35.6 Å². The molecular formula is C22H28N2O2. The smallest absolute Gasteiger partial charge is 0.224 e. The molecule has 1 saturated heterocycles. The molecule has 4 heteroatoms. The molecule has 1 atom stereocenters. The number of morpholine rings is 1. The highest BCUT2D eigenvalue weighted by Gasteiger charge is 2.12. The van der Waals surface area contributed by atoms with Crippen molar-refractivity contribution >= 4 is 11.6 Å². The molecule has 0 aliphatic carbocycles. The predicted molar refractivity (Wildman–Crippen MR) is 105 cm³/mol. The van der Waals surface area contributed by atoms with Crippen LogP contribution in [0.5, 0.6) is 0 Å². The van der Waals surface area contributed by atoms with E-state index in [-0.39, 0.29) is 5.91 Å². The number of rotatable bonds is 7. The highest BCUT2D eigenvalue weighted by atomic mass is 16.5. The molecule has 0 aromatic heterocycles. The second kappa shape index (κ2) is 9.39. The summed E-state index contributed by atoms with van der Waals surface area (Å²) in [5.74, 6) is 0.508. The summed E-state index contributed by atoms with van der Waals surface area (Å²) in [5.41, 5.74) is 3.57. The fourth-order valence-electron chi connectivity index (χ4n) is 3.27. The molecule has 138 valence electrons. The van der Waals surface area contributed by atoms with E-state index in [2.05, 4.69) is 65.7 Å². The first-order chi connectivity index (χ1) is 12.7. The first-order valence-corrected chi connectivity index (χ1v) is 9.43. The van der Waals surface area contributed by atoms with Crippen molar-refractivity contribution in [3.8, 4) is 0 Å². The Balaban J connectivity index is 1.42. The van der Waals surface area contributed by atoms with Gasteiger partial charge in [0.1, 0.15) is 0 Å². The Labute approximate surface area is 156 Å². The standard InChI is InChI=1S/C22H28N2O2/c1-18(15-19-5-3-2-4-6-19)17-23-22(25)16-20-7-9-21(10-8-20)24-11-13-26-14-12-24/h2-10,18H,11-17H2,1H3,(H,23,25). The van der Waals surface area contributed by atoms with Gasteiger partial charge in [0.2, 0.25) is 5.91 Å². The lowest BCUT2D eigenvalue weighted by Crippen LogP contribution is -2.36. The van der Waals surface area contributed by atoms with Crippen molar-refractivity contribution in [2.75, 3.05) is 37.7 Å². The second-order valence-corrected chi connectivity index (χ2v) is 7.04. The van der Waals surface area contributed by atoms with E-state index in [1.807, 2.05) is 6.07 Å². The number of amides is 1. The van der Waals surface area contributed by atoms with Crippen LogP contribution in [0, 0.1) is 5.92 Å². The molecule has 0 radical (unpaired) electrons. The normalized spacial score (nSPS) is 15.5. The molecular weight excluding hydrogens is 324 g/mol. The Bertz CT molecular complexity index is 679. The average molecular weight is 352 g/mol. The van der Waals surface area contributed by atoms with Gasteiger partial charge in [-0.25, -0.2) is 0 Å². The number of anilines is 1. The van der Waals surface area contributed by atoms with Gasteiger partial charge in [-0.3, -0.25) is 4.79 Å². The van der Waals surface area contributed by atoms with Crippen LogP contribution in [-0.4, -0.2) is 38.8 Å². The SMILES string of the molecule is CC(CNC(=O)Cc1ccc(N2CCOCC2)cc1)Cc1ccccc1. The maximum Gasteiger partial charge on any atom is 0.224 e. The topological polar surface area (TPSA) is 41.6 Å². The third-order valence-electron chi connectivity index (χ3n) is 4.75. The van der Waals surface area contributed by atoms with Crippen LogP contribution in [0.15, 0.2) is 54.6 Å². The van der Waals surface area contributed by atoms with Crippen LogP contribution in [0.2, 0.25) is 0 Å². The number of benzene rings is 2. The van der Waals surface area contributed by atoms with Gasteiger partial charge in [-0.2, -0.15) is 0 Å². The lowest BCUT2D eigenvalue weighted by atomic mass is 10.0. The van der Waals surface area contributed by atoms with Crippen LogP contribution in [0.1, 0.15) is 18.1 Å². The Morgan fingerprint density at radius 1 is 1.04 bits per heavy atom. The maximum atomic E-state index is 12.2. The summed E-state index contributed by atoms with van der Waals surface area (Å²) < 4.78 is 5.39. The molecule has 2 aromatic rings. The molecule has 1 unspecified atom stereocenters. The van der Waals surface area contributed by atoms with Crippen molar-refractivity contribution in [2.24, 2.45) is 5.92 Å². The van der Waals surface area contributed by atoms with Gasteiger partial charge < -0.3 is 15.0 Å². The number of nitrogens with one attached hydrogen (secondary N) is 1. The van der Waals surface area contributed by atoms with Gasteiger partial charge in [-0.15, -0.1) is 0 Å². The minimum absolute atomic E-state index is 0.0871. The first kappa shape index (κ1) is 18.5. The predicted octanol–water partition coefficient (Wildman–Crippen LogP) is 3.06. The van der Waals surface area contributed by atoms with Crippen molar-refractivity contribution < 1.29 is 9.53 Å². The molecule has 0 spiro atoms. The zero-order valence-electron chi connectivity index (χ0n) is 15.5. The Morgan fingerprint density at radius 3 is 2.42 bits per heavy atom. The highest BCUT2D eigenvalue weighted by Crippen LogP contribution is 2.17. The monoisotopic (exact) mass is 352 g/mol. The second-order valence-electron chi connectivity index (χ2n) is 7.04. The van der Waals surface area contributed by atoms with Gasteiger partial charge in [0.05, 0.1) is 19.6 Å². The highest BCUT2D eigenvalue weighted by molar-refractivity contribution is 5.78. The lowest BCUT2D eigenvalue weighted by molar-refractivity contribution is -0.120. The summed E-state index contributed by atoms with van der Waals surface area (Å²) in [6.07, 6.45) is 1.41. The summed E-state index contributed by atoms with van der Waals surface area (Å²) in [7, 11) is 0. The van der Waals surface area contributed by atoms with E-state index in [0.29, 0.717) is 18.9 Å². The van der Waals surface area contributed by atoms with Gasteiger partial charge in [-0.1, -0.05) is 49.4 Å². The van der Waals surface area contributed by atoms with E-state index >= 15 is 0 Å². The third kappa shape index (κ3) is 5.60. The molecule has 4 nitrogen and oxygen atoms in total. The quantitative estimate of drug-likeness (QED) is 0.833. The minimum Gasteiger partial charge on any atom is -0.378 e. The number of hydrogen-bond donors (Lipinski definition) is 1. The molecule has 3 rings (SSSR count). The summed E-state index contributed by atoms with van der Waals surface area (Å²) >= 11 is 0. The van der Waals surface area contributed by atoms with E-state index < -0.39 is 0 Å². The fourth-order valence-corrected chi connectivity index (χ4v) is 3.27. The van der Waals surface area contributed by atoms with Crippen LogP contribution >= 0.6 is 0 Å². The lowest BCUT2D eigenvalue weighted by Gasteiger charge is -2.28. The summed E-state index contributed by atoms with van der Waals surface area (Å²) in [6.45, 7) is 6.30.